The second kappa shape index (κ2) is 7.57. The first kappa shape index (κ1) is 17.2. The van der Waals surface area contributed by atoms with Gasteiger partial charge in [0.05, 0.1) is 5.56 Å². The van der Waals surface area contributed by atoms with E-state index in [4.69, 9.17) is 0 Å². The maximum atomic E-state index is 12.9. The normalized spacial score (nSPS) is 14.9. The number of nitrogens with zero attached hydrogens (tertiary/aromatic N) is 5. The number of anilines is 1. The molecule has 1 aromatic carbocycles. The number of piperidine rings is 1. The number of pyridine rings is 1. The average Bonchev–Trinajstić information content (AvgIpc) is 3.15. The Morgan fingerprint density at radius 1 is 1.11 bits per heavy atom. The fraction of sp³-hybridized carbons (Fsp3) is 0.300. The van der Waals surface area contributed by atoms with Crippen molar-refractivity contribution < 1.29 is 4.79 Å². The number of hydrogen-bond acceptors (Lipinski definition) is 5. The molecule has 7 heteroatoms. The predicted molar refractivity (Wildman–Crippen MR) is 103 cm³/mol. The maximum Gasteiger partial charge on any atom is 0.252 e. The van der Waals surface area contributed by atoms with E-state index < -0.39 is 0 Å². The van der Waals surface area contributed by atoms with Crippen LogP contribution in [0.15, 0.2) is 55.1 Å². The minimum atomic E-state index is -0.0691. The first-order chi connectivity index (χ1) is 13.2. The number of carbonyl (C=O) groups is 1. The number of aromatic nitrogens is 4. The molecule has 1 N–H and O–H groups in total. The number of nitrogens with one attached hydrogen (secondary N) is 1. The van der Waals surface area contributed by atoms with Crippen molar-refractivity contribution in [3.05, 3.63) is 60.7 Å². The molecule has 1 amide bonds. The van der Waals surface area contributed by atoms with Gasteiger partial charge in [-0.25, -0.2) is 4.98 Å². The molecule has 0 bridgehead atoms. The largest absolute Gasteiger partial charge is 0.371 e. The van der Waals surface area contributed by atoms with E-state index >= 15 is 0 Å². The van der Waals surface area contributed by atoms with Gasteiger partial charge in [0.15, 0.2) is 5.82 Å². The summed E-state index contributed by atoms with van der Waals surface area (Å²) in [6.07, 6.45) is 7.09. The van der Waals surface area contributed by atoms with Gasteiger partial charge in [0.1, 0.15) is 6.33 Å². The number of amides is 1. The van der Waals surface area contributed by atoms with E-state index in [0.29, 0.717) is 11.4 Å². The Labute approximate surface area is 158 Å². The fourth-order valence-corrected chi connectivity index (χ4v) is 3.44. The van der Waals surface area contributed by atoms with Crippen molar-refractivity contribution in [2.45, 2.75) is 18.9 Å². The van der Waals surface area contributed by atoms with Gasteiger partial charge in [-0.1, -0.05) is 18.2 Å². The molecule has 3 aromatic rings. The quantitative estimate of drug-likeness (QED) is 0.771. The lowest BCUT2D eigenvalue weighted by Gasteiger charge is -2.34. The van der Waals surface area contributed by atoms with E-state index in [2.05, 4.69) is 25.3 Å². The van der Waals surface area contributed by atoms with Gasteiger partial charge in [0, 0.05) is 49.8 Å². The fourth-order valence-electron chi connectivity index (χ4n) is 3.44. The van der Waals surface area contributed by atoms with Gasteiger partial charge in [-0.05, 0) is 31.0 Å². The summed E-state index contributed by atoms with van der Waals surface area (Å²) in [5.41, 5.74) is 2.55. The summed E-state index contributed by atoms with van der Waals surface area (Å²) >= 11 is 0. The Morgan fingerprint density at radius 3 is 2.56 bits per heavy atom. The van der Waals surface area contributed by atoms with Crippen LogP contribution in [0, 0.1) is 0 Å². The zero-order valence-electron chi connectivity index (χ0n) is 15.2. The molecule has 3 heterocycles. The minimum Gasteiger partial charge on any atom is -0.371 e. The lowest BCUT2D eigenvalue weighted by Crippen LogP contribution is -2.44. The topological polar surface area (TPSA) is 75.9 Å². The minimum absolute atomic E-state index is 0.0691. The molecule has 1 fully saturated rings. The zero-order chi connectivity index (χ0) is 18.6. The second-order valence-electron chi connectivity index (χ2n) is 6.73. The summed E-state index contributed by atoms with van der Waals surface area (Å²) in [4.78, 5) is 23.5. The molecule has 1 saturated heterocycles. The third-order valence-corrected chi connectivity index (χ3v) is 4.87. The van der Waals surface area contributed by atoms with Gasteiger partial charge in [-0.3, -0.25) is 14.5 Å². The summed E-state index contributed by atoms with van der Waals surface area (Å²) in [6, 6.07) is 11.7. The van der Waals surface area contributed by atoms with Crippen molar-refractivity contribution in [1.82, 2.24) is 25.1 Å². The molecule has 0 atom stereocenters. The van der Waals surface area contributed by atoms with Gasteiger partial charge >= 0.3 is 0 Å². The van der Waals surface area contributed by atoms with Gasteiger partial charge in [-0.2, -0.15) is 5.10 Å². The summed E-state index contributed by atoms with van der Waals surface area (Å²) in [5.74, 6) is 0.496. The standard InChI is InChI=1S/C20H22N6O/c1-25-14-22-19(24-25)17-4-2-3-5-18(17)20(27)23-15-8-12-26(13-9-15)16-6-10-21-11-7-16/h2-7,10-11,14-15H,8-9,12-13H2,1H3,(H,23,27). The van der Waals surface area contributed by atoms with E-state index in [9.17, 15) is 4.79 Å². The van der Waals surface area contributed by atoms with Crippen molar-refractivity contribution >= 4 is 11.6 Å². The molecular formula is C20H22N6O. The van der Waals surface area contributed by atoms with Crippen LogP contribution in [-0.4, -0.2) is 44.8 Å². The van der Waals surface area contributed by atoms with Crippen molar-refractivity contribution in [1.29, 1.82) is 0 Å². The van der Waals surface area contributed by atoms with Gasteiger partial charge in [0.2, 0.25) is 0 Å². The molecule has 1 aliphatic rings. The van der Waals surface area contributed by atoms with Gasteiger partial charge < -0.3 is 10.2 Å². The smallest absolute Gasteiger partial charge is 0.252 e. The molecule has 0 saturated carbocycles. The highest BCUT2D eigenvalue weighted by atomic mass is 16.1. The Hall–Kier alpha value is -3.22. The Bertz CT molecular complexity index is 915. The predicted octanol–water partition coefficient (Wildman–Crippen LogP) is 2.28. The Balaban J connectivity index is 1.42. The summed E-state index contributed by atoms with van der Waals surface area (Å²) in [5, 5.41) is 7.51. The van der Waals surface area contributed by atoms with Crippen molar-refractivity contribution in [3.63, 3.8) is 0 Å². The van der Waals surface area contributed by atoms with Crippen LogP contribution < -0.4 is 10.2 Å². The molecule has 0 spiro atoms. The second-order valence-corrected chi connectivity index (χ2v) is 6.73. The lowest BCUT2D eigenvalue weighted by molar-refractivity contribution is 0.0931. The highest BCUT2D eigenvalue weighted by molar-refractivity contribution is 6.00. The number of aryl methyl sites for hydroxylation is 1. The summed E-state index contributed by atoms with van der Waals surface area (Å²) in [6.45, 7) is 1.83. The van der Waals surface area contributed by atoms with Crippen molar-refractivity contribution in [3.8, 4) is 11.4 Å². The maximum absolute atomic E-state index is 12.9. The van der Waals surface area contributed by atoms with Crippen LogP contribution in [0.3, 0.4) is 0 Å². The molecule has 27 heavy (non-hydrogen) atoms. The van der Waals surface area contributed by atoms with E-state index in [1.165, 1.54) is 5.69 Å². The molecule has 1 aliphatic heterocycles. The molecule has 0 aliphatic carbocycles. The van der Waals surface area contributed by atoms with Gasteiger partial charge in [0.25, 0.3) is 5.91 Å². The van der Waals surface area contributed by atoms with Crippen LogP contribution in [-0.2, 0) is 7.05 Å². The van der Waals surface area contributed by atoms with E-state index in [1.54, 1.807) is 11.0 Å². The van der Waals surface area contributed by atoms with Crippen molar-refractivity contribution in [2.24, 2.45) is 7.05 Å². The van der Waals surface area contributed by atoms with Crippen LogP contribution >= 0.6 is 0 Å². The third-order valence-electron chi connectivity index (χ3n) is 4.87. The van der Waals surface area contributed by atoms with E-state index in [0.717, 1.165) is 31.5 Å². The van der Waals surface area contributed by atoms with Crippen LogP contribution in [0.5, 0.6) is 0 Å². The molecule has 7 nitrogen and oxygen atoms in total. The molecule has 138 valence electrons. The zero-order valence-corrected chi connectivity index (χ0v) is 15.2. The molecular weight excluding hydrogens is 340 g/mol. The van der Waals surface area contributed by atoms with E-state index in [-0.39, 0.29) is 11.9 Å². The van der Waals surface area contributed by atoms with Crippen LogP contribution in [0.2, 0.25) is 0 Å². The summed E-state index contributed by atoms with van der Waals surface area (Å²) in [7, 11) is 1.82. The Kier molecular flexibility index (Phi) is 4.82. The monoisotopic (exact) mass is 362 g/mol. The first-order valence-corrected chi connectivity index (χ1v) is 9.11. The molecule has 0 unspecified atom stereocenters. The van der Waals surface area contributed by atoms with Crippen LogP contribution in [0.4, 0.5) is 5.69 Å². The molecule has 4 rings (SSSR count). The summed E-state index contributed by atoms with van der Waals surface area (Å²) < 4.78 is 1.64. The molecule has 2 aromatic heterocycles. The highest BCUT2D eigenvalue weighted by Crippen LogP contribution is 2.22. The number of hydrogen-bond donors (Lipinski definition) is 1. The average molecular weight is 362 g/mol. The lowest BCUT2D eigenvalue weighted by atomic mass is 10.0. The SMILES string of the molecule is Cn1cnc(-c2ccccc2C(=O)NC2CCN(c3ccncc3)CC2)n1. The van der Waals surface area contributed by atoms with Crippen LogP contribution in [0.1, 0.15) is 23.2 Å². The Morgan fingerprint density at radius 2 is 1.85 bits per heavy atom. The first-order valence-electron chi connectivity index (χ1n) is 9.11. The van der Waals surface area contributed by atoms with Crippen molar-refractivity contribution in [2.75, 3.05) is 18.0 Å². The third kappa shape index (κ3) is 3.81. The number of rotatable bonds is 4. The highest BCUT2D eigenvalue weighted by Gasteiger charge is 2.23. The van der Waals surface area contributed by atoms with E-state index in [1.807, 2.05) is 55.8 Å². The number of benzene rings is 1. The number of carbonyl (C=O) groups excluding carboxylic acids is 1. The molecule has 0 radical (unpaired) electrons. The van der Waals surface area contributed by atoms with Crippen LogP contribution in [0.25, 0.3) is 11.4 Å². The van der Waals surface area contributed by atoms with Gasteiger partial charge in [-0.15, -0.1) is 0 Å².